The number of nitrogens with one attached hydrogen (secondary N) is 1. The van der Waals surface area contributed by atoms with Crippen molar-refractivity contribution in [3.05, 3.63) is 52.0 Å². The highest BCUT2D eigenvalue weighted by Gasteiger charge is 2.17. The molecule has 2 rings (SSSR count). The first-order valence-electron chi connectivity index (χ1n) is 6.78. The number of likely N-dealkylation sites (N-methyl/N-ethyl adjacent to an activating group) is 1. The van der Waals surface area contributed by atoms with E-state index in [0.717, 1.165) is 30.8 Å². The molecule has 20 heavy (non-hydrogen) atoms. The maximum absolute atomic E-state index is 6.31. The minimum Gasteiger partial charge on any atom is -0.335 e. The molecule has 5 heteroatoms. The summed E-state index contributed by atoms with van der Waals surface area (Å²) in [6.45, 7) is 3.14. The van der Waals surface area contributed by atoms with E-state index in [0.29, 0.717) is 10.0 Å². The summed E-state index contributed by atoms with van der Waals surface area (Å²) in [6, 6.07) is 5.83. The van der Waals surface area contributed by atoms with E-state index in [1.54, 1.807) is 6.07 Å². The van der Waals surface area contributed by atoms with E-state index in [9.17, 15) is 0 Å². The second-order valence-electron chi connectivity index (χ2n) is 4.73. The summed E-state index contributed by atoms with van der Waals surface area (Å²) in [5, 5.41) is 4.50. The van der Waals surface area contributed by atoms with Gasteiger partial charge in [0.15, 0.2) is 0 Å². The van der Waals surface area contributed by atoms with Gasteiger partial charge in [0, 0.05) is 31.4 Å². The monoisotopic (exact) mass is 311 g/mol. The van der Waals surface area contributed by atoms with E-state index in [1.165, 1.54) is 0 Å². The Hall–Kier alpha value is -1.03. The first-order chi connectivity index (χ1) is 9.67. The third kappa shape index (κ3) is 3.35. The Kier molecular flexibility index (Phi) is 5.46. The summed E-state index contributed by atoms with van der Waals surface area (Å²) in [6.07, 6.45) is 5.73. The van der Waals surface area contributed by atoms with Gasteiger partial charge in [-0.15, -0.1) is 0 Å². The van der Waals surface area contributed by atoms with Gasteiger partial charge in [-0.3, -0.25) is 0 Å². The predicted molar refractivity (Wildman–Crippen MR) is 84.5 cm³/mol. The van der Waals surface area contributed by atoms with E-state index in [2.05, 4.69) is 21.8 Å². The molecule has 0 amide bonds. The minimum absolute atomic E-state index is 0.0965. The summed E-state index contributed by atoms with van der Waals surface area (Å²) in [4.78, 5) is 4.45. The zero-order valence-corrected chi connectivity index (χ0v) is 13.2. The molecule has 1 N–H and O–H groups in total. The highest BCUT2D eigenvalue weighted by atomic mass is 35.5. The van der Waals surface area contributed by atoms with Crippen molar-refractivity contribution < 1.29 is 0 Å². The maximum atomic E-state index is 6.31. The van der Waals surface area contributed by atoms with Crippen molar-refractivity contribution in [3.8, 4) is 0 Å². The van der Waals surface area contributed by atoms with Crippen molar-refractivity contribution in [3.63, 3.8) is 0 Å². The van der Waals surface area contributed by atoms with E-state index in [-0.39, 0.29) is 6.04 Å². The van der Waals surface area contributed by atoms with Crippen LogP contribution in [-0.4, -0.2) is 16.6 Å². The predicted octanol–water partition coefficient (Wildman–Crippen LogP) is 4.10. The number of halogens is 2. The third-order valence-corrected chi connectivity index (χ3v) is 4.19. The fourth-order valence-corrected chi connectivity index (χ4v) is 2.75. The van der Waals surface area contributed by atoms with Gasteiger partial charge in [-0.2, -0.15) is 0 Å². The zero-order chi connectivity index (χ0) is 14.5. The van der Waals surface area contributed by atoms with Crippen LogP contribution in [0.25, 0.3) is 0 Å². The largest absolute Gasteiger partial charge is 0.335 e. The number of nitrogens with zero attached hydrogens (tertiary/aromatic N) is 2. The van der Waals surface area contributed by atoms with Crippen LogP contribution < -0.4 is 5.32 Å². The van der Waals surface area contributed by atoms with Crippen LogP contribution in [0.3, 0.4) is 0 Å². The van der Waals surface area contributed by atoms with Gasteiger partial charge in [0.1, 0.15) is 5.82 Å². The number of rotatable bonds is 6. The Morgan fingerprint density at radius 2 is 2.15 bits per heavy atom. The molecule has 0 aliphatic carbocycles. The minimum atomic E-state index is 0.0965. The Bertz CT molecular complexity index is 566. The first kappa shape index (κ1) is 15.4. The third-order valence-electron chi connectivity index (χ3n) is 3.36. The molecule has 0 fully saturated rings. The van der Waals surface area contributed by atoms with Crippen molar-refractivity contribution in [2.75, 3.05) is 7.05 Å². The second-order valence-corrected chi connectivity index (χ2v) is 5.51. The lowest BCUT2D eigenvalue weighted by Crippen LogP contribution is -2.21. The molecule has 1 aromatic carbocycles. The Morgan fingerprint density at radius 3 is 2.85 bits per heavy atom. The SMILES string of the molecule is CCCn1ccnc1CC(NC)c1cccc(Cl)c1Cl. The molecule has 0 aliphatic heterocycles. The van der Waals surface area contributed by atoms with Crippen LogP contribution in [0.5, 0.6) is 0 Å². The van der Waals surface area contributed by atoms with Gasteiger partial charge in [0.05, 0.1) is 10.0 Å². The van der Waals surface area contributed by atoms with Crippen molar-refractivity contribution in [2.45, 2.75) is 32.4 Å². The molecule has 1 heterocycles. The maximum Gasteiger partial charge on any atom is 0.110 e. The van der Waals surface area contributed by atoms with E-state index in [1.807, 2.05) is 31.6 Å². The van der Waals surface area contributed by atoms with Crippen molar-refractivity contribution in [1.82, 2.24) is 14.9 Å². The molecule has 0 saturated heterocycles. The molecule has 2 aromatic rings. The lowest BCUT2D eigenvalue weighted by Gasteiger charge is -2.19. The Labute approximate surface area is 129 Å². The molecule has 0 radical (unpaired) electrons. The number of benzene rings is 1. The average Bonchev–Trinajstić information content (AvgIpc) is 2.87. The standard InChI is InChI=1S/C15H19Cl2N3/c1-3-8-20-9-7-19-14(20)10-13(18-2)11-5-4-6-12(16)15(11)17/h4-7,9,13,18H,3,8,10H2,1-2H3. The van der Waals surface area contributed by atoms with Crippen LogP contribution in [0, 0.1) is 0 Å². The summed E-state index contributed by atoms with van der Waals surface area (Å²) in [5.74, 6) is 1.06. The van der Waals surface area contributed by atoms with E-state index in [4.69, 9.17) is 23.2 Å². The van der Waals surface area contributed by atoms with Gasteiger partial charge in [-0.25, -0.2) is 4.98 Å². The molecule has 1 aromatic heterocycles. The van der Waals surface area contributed by atoms with Gasteiger partial charge >= 0.3 is 0 Å². The van der Waals surface area contributed by atoms with E-state index < -0.39 is 0 Å². The van der Waals surface area contributed by atoms with Crippen LogP contribution >= 0.6 is 23.2 Å². The Balaban J connectivity index is 2.24. The smallest absolute Gasteiger partial charge is 0.110 e. The van der Waals surface area contributed by atoms with Crippen molar-refractivity contribution in [1.29, 1.82) is 0 Å². The van der Waals surface area contributed by atoms with Crippen LogP contribution in [0.1, 0.15) is 30.8 Å². The fourth-order valence-electron chi connectivity index (χ4n) is 2.31. The van der Waals surface area contributed by atoms with Crippen LogP contribution in [0.4, 0.5) is 0 Å². The lowest BCUT2D eigenvalue weighted by atomic mass is 10.0. The molecule has 3 nitrogen and oxygen atoms in total. The molecule has 1 atom stereocenters. The fraction of sp³-hybridized carbons (Fsp3) is 0.400. The van der Waals surface area contributed by atoms with Gasteiger partial charge in [-0.1, -0.05) is 42.3 Å². The quantitative estimate of drug-likeness (QED) is 0.870. The normalized spacial score (nSPS) is 12.6. The van der Waals surface area contributed by atoms with Crippen LogP contribution in [0.2, 0.25) is 10.0 Å². The molecule has 0 spiro atoms. The average molecular weight is 312 g/mol. The molecular weight excluding hydrogens is 293 g/mol. The number of hydrogen-bond donors (Lipinski definition) is 1. The summed E-state index contributed by atoms with van der Waals surface area (Å²) < 4.78 is 2.18. The van der Waals surface area contributed by atoms with Gasteiger partial charge in [0.2, 0.25) is 0 Å². The van der Waals surface area contributed by atoms with Crippen LogP contribution in [-0.2, 0) is 13.0 Å². The first-order valence-corrected chi connectivity index (χ1v) is 7.54. The second kappa shape index (κ2) is 7.11. The highest BCUT2D eigenvalue weighted by molar-refractivity contribution is 6.42. The molecular formula is C15H19Cl2N3. The number of aromatic nitrogens is 2. The Morgan fingerprint density at radius 1 is 1.35 bits per heavy atom. The van der Waals surface area contributed by atoms with Gasteiger partial charge < -0.3 is 9.88 Å². The zero-order valence-electron chi connectivity index (χ0n) is 11.7. The number of imidazole rings is 1. The highest BCUT2D eigenvalue weighted by Crippen LogP contribution is 2.31. The summed E-state index contributed by atoms with van der Waals surface area (Å²) in [5.41, 5.74) is 1.01. The molecule has 1 unspecified atom stereocenters. The number of aryl methyl sites for hydroxylation is 1. The van der Waals surface area contributed by atoms with Crippen molar-refractivity contribution >= 4 is 23.2 Å². The van der Waals surface area contributed by atoms with Gasteiger partial charge in [-0.05, 0) is 25.1 Å². The molecule has 0 aliphatic rings. The molecule has 0 saturated carbocycles. The molecule has 108 valence electrons. The molecule has 0 bridgehead atoms. The topological polar surface area (TPSA) is 29.9 Å². The summed E-state index contributed by atoms with van der Waals surface area (Å²) >= 11 is 12.4. The lowest BCUT2D eigenvalue weighted by molar-refractivity contribution is 0.543. The summed E-state index contributed by atoms with van der Waals surface area (Å²) in [7, 11) is 1.93. The van der Waals surface area contributed by atoms with Crippen LogP contribution in [0.15, 0.2) is 30.6 Å². The van der Waals surface area contributed by atoms with Crippen molar-refractivity contribution in [2.24, 2.45) is 0 Å². The van der Waals surface area contributed by atoms with E-state index >= 15 is 0 Å². The number of hydrogen-bond acceptors (Lipinski definition) is 2. The van der Waals surface area contributed by atoms with Gasteiger partial charge in [0.25, 0.3) is 0 Å².